The molecular weight excluding hydrogens is 312 g/mol. The Balaban J connectivity index is 1.52. The average Bonchev–Trinajstić information content (AvgIpc) is 2.98. The maximum absolute atomic E-state index is 6.03. The van der Waals surface area contributed by atoms with Crippen LogP contribution >= 0.6 is 11.6 Å². The van der Waals surface area contributed by atoms with E-state index in [1.54, 1.807) is 18.3 Å². The Morgan fingerprint density at radius 1 is 1.48 bits per heavy atom. The van der Waals surface area contributed by atoms with Crippen molar-refractivity contribution in [2.45, 2.75) is 32.6 Å². The number of pyridine rings is 1. The molecule has 0 unspecified atom stereocenters. The van der Waals surface area contributed by atoms with E-state index in [1.807, 2.05) is 0 Å². The first-order valence-electron chi connectivity index (χ1n) is 8.49. The molecule has 1 saturated heterocycles. The van der Waals surface area contributed by atoms with Gasteiger partial charge < -0.3 is 15.0 Å². The van der Waals surface area contributed by atoms with Gasteiger partial charge in [0.1, 0.15) is 11.6 Å². The number of aliphatic imine (C=N–C) groups is 1. The van der Waals surface area contributed by atoms with Gasteiger partial charge in [0.2, 0.25) is 5.88 Å². The first-order chi connectivity index (χ1) is 11.2. The highest BCUT2D eigenvalue weighted by Crippen LogP contribution is 2.47. The molecule has 23 heavy (non-hydrogen) atoms. The Morgan fingerprint density at radius 3 is 3.00 bits per heavy atom. The van der Waals surface area contributed by atoms with Crippen LogP contribution in [0, 0.1) is 5.41 Å². The first-order valence-corrected chi connectivity index (χ1v) is 8.87. The van der Waals surface area contributed by atoms with E-state index >= 15 is 0 Å². The lowest BCUT2D eigenvalue weighted by Gasteiger charge is -2.38. The minimum atomic E-state index is 0.476. The van der Waals surface area contributed by atoms with E-state index in [-0.39, 0.29) is 0 Å². The Kier molecular flexibility index (Phi) is 5.26. The van der Waals surface area contributed by atoms with Crippen LogP contribution in [-0.4, -0.2) is 48.6 Å². The smallest absolute Gasteiger partial charge is 0.232 e. The number of guanidine groups is 1. The molecular formula is C17H25ClN4O. The molecule has 0 atom stereocenters. The van der Waals surface area contributed by atoms with E-state index in [2.05, 4.69) is 22.1 Å². The van der Waals surface area contributed by atoms with Crippen LogP contribution < -0.4 is 10.1 Å². The summed E-state index contributed by atoms with van der Waals surface area (Å²) >= 11 is 6.03. The van der Waals surface area contributed by atoms with Crippen molar-refractivity contribution in [1.82, 2.24) is 15.2 Å². The highest BCUT2D eigenvalue weighted by molar-refractivity contribution is 6.31. The second-order valence-electron chi connectivity index (χ2n) is 6.40. The summed E-state index contributed by atoms with van der Waals surface area (Å²) in [5.41, 5.74) is 0.578. The molecule has 0 bridgehead atoms. The van der Waals surface area contributed by atoms with Crippen LogP contribution in [0.3, 0.4) is 0 Å². The maximum Gasteiger partial charge on any atom is 0.232 e. The number of halogens is 1. The molecule has 0 amide bonds. The van der Waals surface area contributed by atoms with Crippen LogP contribution in [0.5, 0.6) is 5.88 Å². The van der Waals surface area contributed by atoms with Gasteiger partial charge in [-0.05, 0) is 43.7 Å². The molecule has 3 rings (SSSR count). The van der Waals surface area contributed by atoms with Gasteiger partial charge in [0.05, 0.1) is 6.54 Å². The Bertz CT molecular complexity index is 559. The number of nitrogens with zero attached hydrogens (tertiary/aromatic N) is 3. The molecule has 2 aliphatic rings. The molecule has 126 valence electrons. The van der Waals surface area contributed by atoms with Crippen molar-refractivity contribution in [2.75, 3.05) is 32.8 Å². The van der Waals surface area contributed by atoms with Crippen LogP contribution in [-0.2, 0) is 0 Å². The zero-order valence-corrected chi connectivity index (χ0v) is 14.5. The molecule has 1 aliphatic heterocycles. The number of aromatic nitrogens is 1. The van der Waals surface area contributed by atoms with E-state index in [0.29, 0.717) is 29.5 Å². The number of rotatable bonds is 5. The topological polar surface area (TPSA) is 49.8 Å². The fourth-order valence-corrected chi connectivity index (χ4v) is 3.57. The zero-order chi connectivity index (χ0) is 16.1. The Morgan fingerprint density at radius 2 is 2.35 bits per heavy atom. The Labute approximate surface area is 143 Å². The average molecular weight is 337 g/mol. The van der Waals surface area contributed by atoms with Gasteiger partial charge in [0.25, 0.3) is 0 Å². The molecule has 2 heterocycles. The summed E-state index contributed by atoms with van der Waals surface area (Å²) in [6.45, 7) is 6.32. The monoisotopic (exact) mass is 336 g/mol. The standard InChI is InChI=1S/C17H25ClN4O/c1-2-19-16(22-11-8-17(13-22)6-4-7-17)21-10-12-23-15-14(18)5-3-9-20-15/h3,5,9H,2,4,6-8,10-13H2,1H3,(H,19,21). The highest BCUT2D eigenvalue weighted by atomic mass is 35.5. The molecule has 1 aliphatic carbocycles. The number of likely N-dealkylation sites (tertiary alicyclic amines) is 1. The molecule has 5 nitrogen and oxygen atoms in total. The van der Waals surface area contributed by atoms with Crippen molar-refractivity contribution in [1.29, 1.82) is 0 Å². The summed E-state index contributed by atoms with van der Waals surface area (Å²) in [5, 5.41) is 3.94. The van der Waals surface area contributed by atoms with Crippen molar-refractivity contribution in [3.63, 3.8) is 0 Å². The van der Waals surface area contributed by atoms with Gasteiger partial charge in [0, 0.05) is 25.8 Å². The van der Waals surface area contributed by atoms with Gasteiger partial charge in [0.15, 0.2) is 5.96 Å². The highest BCUT2D eigenvalue weighted by Gasteiger charge is 2.43. The summed E-state index contributed by atoms with van der Waals surface area (Å²) in [4.78, 5) is 11.2. The number of nitrogens with one attached hydrogen (secondary N) is 1. The normalized spacial score (nSPS) is 19.7. The third kappa shape index (κ3) is 3.89. The second-order valence-corrected chi connectivity index (χ2v) is 6.81. The number of hydrogen-bond donors (Lipinski definition) is 1. The fourth-order valence-electron chi connectivity index (χ4n) is 3.40. The van der Waals surface area contributed by atoms with Crippen molar-refractivity contribution in [3.05, 3.63) is 23.4 Å². The van der Waals surface area contributed by atoms with Crippen LogP contribution in [0.2, 0.25) is 5.02 Å². The van der Waals surface area contributed by atoms with Gasteiger partial charge in [-0.25, -0.2) is 9.98 Å². The van der Waals surface area contributed by atoms with Gasteiger partial charge >= 0.3 is 0 Å². The SMILES string of the molecule is CCNC(=NCCOc1ncccc1Cl)N1CCC2(CCC2)C1. The second kappa shape index (κ2) is 7.39. The van der Waals surface area contributed by atoms with Crippen molar-refractivity contribution in [2.24, 2.45) is 10.4 Å². The van der Waals surface area contributed by atoms with Gasteiger partial charge in [-0.1, -0.05) is 18.0 Å². The first kappa shape index (κ1) is 16.4. The maximum atomic E-state index is 6.03. The molecule has 2 fully saturated rings. The van der Waals surface area contributed by atoms with Crippen LogP contribution in [0.1, 0.15) is 32.6 Å². The van der Waals surface area contributed by atoms with Gasteiger partial charge in [-0.15, -0.1) is 0 Å². The molecule has 6 heteroatoms. The third-order valence-corrected chi connectivity index (χ3v) is 5.09. The van der Waals surface area contributed by atoms with Crippen LogP contribution in [0.4, 0.5) is 0 Å². The van der Waals surface area contributed by atoms with Gasteiger partial charge in [-0.2, -0.15) is 0 Å². The molecule has 1 aromatic rings. The molecule has 1 saturated carbocycles. The molecule has 0 aromatic carbocycles. The zero-order valence-electron chi connectivity index (χ0n) is 13.7. The van der Waals surface area contributed by atoms with Gasteiger partial charge in [-0.3, -0.25) is 0 Å². The fraction of sp³-hybridized carbons (Fsp3) is 0.647. The minimum absolute atomic E-state index is 0.476. The van der Waals surface area contributed by atoms with E-state index in [0.717, 1.165) is 25.6 Å². The lowest BCUT2D eigenvalue weighted by molar-refractivity contribution is 0.151. The summed E-state index contributed by atoms with van der Waals surface area (Å²) in [6.07, 6.45) is 7.13. The predicted molar refractivity (Wildman–Crippen MR) is 93.2 cm³/mol. The molecule has 1 spiro atoms. The summed E-state index contributed by atoms with van der Waals surface area (Å²) in [7, 11) is 0. The van der Waals surface area contributed by atoms with E-state index in [9.17, 15) is 0 Å². The van der Waals surface area contributed by atoms with Crippen LogP contribution in [0.15, 0.2) is 23.3 Å². The predicted octanol–water partition coefficient (Wildman–Crippen LogP) is 2.96. The number of hydrogen-bond acceptors (Lipinski definition) is 3. The molecule has 1 N–H and O–H groups in total. The van der Waals surface area contributed by atoms with E-state index < -0.39 is 0 Å². The lowest BCUT2D eigenvalue weighted by Crippen LogP contribution is -2.42. The van der Waals surface area contributed by atoms with E-state index in [1.165, 1.54) is 25.7 Å². The number of ether oxygens (including phenoxy) is 1. The largest absolute Gasteiger partial charge is 0.475 e. The lowest BCUT2D eigenvalue weighted by atomic mass is 9.68. The molecule has 1 aromatic heterocycles. The minimum Gasteiger partial charge on any atom is -0.475 e. The van der Waals surface area contributed by atoms with Crippen molar-refractivity contribution in [3.8, 4) is 5.88 Å². The summed E-state index contributed by atoms with van der Waals surface area (Å²) in [6, 6.07) is 3.57. The molecule has 0 radical (unpaired) electrons. The quantitative estimate of drug-likeness (QED) is 0.510. The summed E-state index contributed by atoms with van der Waals surface area (Å²) < 4.78 is 5.60. The van der Waals surface area contributed by atoms with Crippen molar-refractivity contribution >= 4 is 17.6 Å². The van der Waals surface area contributed by atoms with Crippen molar-refractivity contribution < 1.29 is 4.74 Å². The van der Waals surface area contributed by atoms with E-state index in [4.69, 9.17) is 21.3 Å². The summed E-state index contributed by atoms with van der Waals surface area (Å²) in [5.74, 6) is 1.48. The third-order valence-electron chi connectivity index (χ3n) is 4.80. The Hall–Kier alpha value is -1.49. The van der Waals surface area contributed by atoms with Crippen LogP contribution in [0.25, 0.3) is 0 Å².